The maximum atomic E-state index is 12.0. The number of halogens is 1. The molecule has 0 unspecified atom stereocenters. The second kappa shape index (κ2) is 7.84. The molecule has 2 N–H and O–H groups in total. The van der Waals surface area contributed by atoms with Gasteiger partial charge in [0.25, 0.3) is 0 Å². The van der Waals surface area contributed by atoms with Gasteiger partial charge in [-0.05, 0) is 43.2 Å². The second-order valence-corrected chi connectivity index (χ2v) is 5.82. The SMILES string of the molecule is C[C@@H](Nc1ccc(Br)cc1)C(=O)NCCc1ccccc1. The van der Waals surface area contributed by atoms with Crippen LogP contribution in [0.1, 0.15) is 12.5 Å². The summed E-state index contributed by atoms with van der Waals surface area (Å²) in [5.41, 5.74) is 2.16. The van der Waals surface area contributed by atoms with Crippen molar-refractivity contribution in [3.05, 3.63) is 64.6 Å². The molecule has 0 aromatic heterocycles. The molecule has 0 saturated carbocycles. The van der Waals surface area contributed by atoms with Crippen molar-refractivity contribution in [2.24, 2.45) is 0 Å². The Morgan fingerprint density at radius 3 is 2.43 bits per heavy atom. The van der Waals surface area contributed by atoms with Crippen LogP contribution < -0.4 is 10.6 Å². The van der Waals surface area contributed by atoms with Crippen molar-refractivity contribution in [2.75, 3.05) is 11.9 Å². The topological polar surface area (TPSA) is 41.1 Å². The molecule has 0 heterocycles. The first-order valence-corrected chi connectivity index (χ1v) is 7.78. The summed E-state index contributed by atoms with van der Waals surface area (Å²) in [6.07, 6.45) is 0.845. The van der Waals surface area contributed by atoms with Crippen molar-refractivity contribution in [1.29, 1.82) is 0 Å². The minimum Gasteiger partial charge on any atom is -0.374 e. The lowest BCUT2D eigenvalue weighted by Gasteiger charge is -2.15. The quantitative estimate of drug-likeness (QED) is 0.838. The number of carbonyl (C=O) groups is 1. The van der Waals surface area contributed by atoms with Crippen molar-refractivity contribution in [2.45, 2.75) is 19.4 Å². The van der Waals surface area contributed by atoms with E-state index in [1.54, 1.807) is 0 Å². The third-order valence-electron chi connectivity index (χ3n) is 3.18. The number of amides is 1. The van der Waals surface area contributed by atoms with Crippen LogP contribution in [0.25, 0.3) is 0 Å². The summed E-state index contributed by atoms with van der Waals surface area (Å²) in [4.78, 5) is 12.0. The van der Waals surface area contributed by atoms with Crippen LogP contribution in [0.4, 0.5) is 5.69 Å². The Kier molecular flexibility index (Phi) is 5.81. The minimum absolute atomic E-state index is 0.00819. The highest BCUT2D eigenvalue weighted by Gasteiger charge is 2.11. The zero-order chi connectivity index (χ0) is 15.1. The maximum Gasteiger partial charge on any atom is 0.242 e. The second-order valence-electron chi connectivity index (χ2n) is 4.90. The van der Waals surface area contributed by atoms with E-state index in [0.29, 0.717) is 6.54 Å². The molecule has 21 heavy (non-hydrogen) atoms. The molecule has 110 valence electrons. The molecular weight excluding hydrogens is 328 g/mol. The highest BCUT2D eigenvalue weighted by atomic mass is 79.9. The number of hydrogen-bond donors (Lipinski definition) is 2. The average Bonchev–Trinajstić information content (AvgIpc) is 2.50. The van der Waals surface area contributed by atoms with E-state index in [4.69, 9.17) is 0 Å². The molecule has 0 aliphatic heterocycles. The van der Waals surface area contributed by atoms with E-state index in [0.717, 1.165) is 16.6 Å². The monoisotopic (exact) mass is 346 g/mol. The summed E-state index contributed by atoms with van der Waals surface area (Å²) in [5, 5.41) is 6.14. The van der Waals surface area contributed by atoms with Gasteiger partial charge in [0.05, 0.1) is 0 Å². The summed E-state index contributed by atoms with van der Waals surface area (Å²) < 4.78 is 1.02. The van der Waals surface area contributed by atoms with Gasteiger partial charge in [-0.2, -0.15) is 0 Å². The summed E-state index contributed by atoms with van der Waals surface area (Å²) in [6.45, 7) is 2.51. The van der Waals surface area contributed by atoms with Crippen molar-refractivity contribution in [1.82, 2.24) is 5.32 Å². The Bertz CT molecular complexity index is 569. The van der Waals surface area contributed by atoms with Crippen LogP contribution in [0.3, 0.4) is 0 Å². The van der Waals surface area contributed by atoms with Crippen LogP contribution in [0.15, 0.2) is 59.1 Å². The van der Waals surface area contributed by atoms with Gasteiger partial charge < -0.3 is 10.6 Å². The van der Waals surface area contributed by atoms with E-state index in [1.165, 1.54) is 5.56 Å². The summed E-state index contributed by atoms with van der Waals surface area (Å²) >= 11 is 3.39. The minimum atomic E-state index is -0.262. The third-order valence-corrected chi connectivity index (χ3v) is 3.71. The van der Waals surface area contributed by atoms with E-state index < -0.39 is 0 Å². The summed E-state index contributed by atoms with van der Waals surface area (Å²) in [7, 11) is 0. The Labute approximate surface area is 133 Å². The van der Waals surface area contributed by atoms with Gasteiger partial charge in [-0.25, -0.2) is 0 Å². The number of hydrogen-bond acceptors (Lipinski definition) is 2. The number of benzene rings is 2. The fourth-order valence-electron chi connectivity index (χ4n) is 1.99. The lowest BCUT2D eigenvalue weighted by molar-refractivity contribution is -0.121. The molecule has 1 atom stereocenters. The maximum absolute atomic E-state index is 12.0. The Hall–Kier alpha value is -1.81. The van der Waals surface area contributed by atoms with E-state index in [1.807, 2.05) is 49.4 Å². The smallest absolute Gasteiger partial charge is 0.242 e. The molecule has 4 heteroatoms. The highest BCUT2D eigenvalue weighted by molar-refractivity contribution is 9.10. The lowest BCUT2D eigenvalue weighted by Crippen LogP contribution is -2.38. The fraction of sp³-hybridized carbons (Fsp3) is 0.235. The number of nitrogens with one attached hydrogen (secondary N) is 2. The largest absolute Gasteiger partial charge is 0.374 e. The van der Waals surface area contributed by atoms with Crippen LogP contribution in [0.2, 0.25) is 0 Å². The molecule has 0 radical (unpaired) electrons. The van der Waals surface area contributed by atoms with Gasteiger partial charge in [0.15, 0.2) is 0 Å². The van der Waals surface area contributed by atoms with Crippen molar-refractivity contribution < 1.29 is 4.79 Å². The van der Waals surface area contributed by atoms with E-state index in [-0.39, 0.29) is 11.9 Å². The normalized spacial score (nSPS) is 11.7. The molecule has 0 spiro atoms. The predicted octanol–water partition coefficient (Wildman–Crippen LogP) is 3.61. The van der Waals surface area contributed by atoms with Gasteiger partial charge in [-0.15, -0.1) is 0 Å². The first-order chi connectivity index (χ1) is 10.1. The van der Waals surface area contributed by atoms with Gasteiger partial charge >= 0.3 is 0 Å². The molecule has 1 amide bonds. The first-order valence-electron chi connectivity index (χ1n) is 6.99. The molecule has 2 rings (SSSR count). The van der Waals surface area contributed by atoms with Crippen molar-refractivity contribution in [3.63, 3.8) is 0 Å². The van der Waals surface area contributed by atoms with Crippen LogP contribution >= 0.6 is 15.9 Å². The fourth-order valence-corrected chi connectivity index (χ4v) is 2.25. The third kappa shape index (κ3) is 5.23. The van der Waals surface area contributed by atoms with Crippen molar-refractivity contribution in [3.8, 4) is 0 Å². The molecule has 3 nitrogen and oxygen atoms in total. The van der Waals surface area contributed by atoms with E-state index >= 15 is 0 Å². The van der Waals surface area contributed by atoms with Gasteiger partial charge in [0, 0.05) is 16.7 Å². The standard InChI is InChI=1S/C17H19BrN2O/c1-13(20-16-9-7-15(18)8-10-16)17(21)19-12-11-14-5-3-2-4-6-14/h2-10,13,20H,11-12H2,1H3,(H,19,21)/t13-/m1/s1. The van der Waals surface area contributed by atoms with Crippen LogP contribution in [-0.4, -0.2) is 18.5 Å². The van der Waals surface area contributed by atoms with Crippen LogP contribution in [-0.2, 0) is 11.2 Å². The number of carbonyl (C=O) groups excluding carboxylic acids is 1. The van der Waals surface area contributed by atoms with Crippen LogP contribution in [0, 0.1) is 0 Å². The lowest BCUT2D eigenvalue weighted by atomic mass is 10.1. The Morgan fingerprint density at radius 1 is 1.10 bits per heavy atom. The predicted molar refractivity (Wildman–Crippen MR) is 90.4 cm³/mol. The van der Waals surface area contributed by atoms with Crippen molar-refractivity contribution >= 4 is 27.5 Å². The van der Waals surface area contributed by atoms with E-state index in [9.17, 15) is 4.79 Å². The van der Waals surface area contributed by atoms with Gasteiger partial charge in [0.1, 0.15) is 6.04 Å². The van der Waals surface area contributed by atoms with Crippen LogP contribution in [0.5, 0.6) is 0 Å². The molecular formula is C17H19BrN2O. The molecule has 0 aliphatic rings. The molecule has 0 fully saturated rings. The van der Waals surface area contributed by atoms with Gasteiger partial charge in [-0.1, -0.05) is 46.3 Å². The zero-order valence-corrected chi connectivity index (χ0v) is 13.6. The zero-order valence-electron chi connectivity index (χ0n) is 12.0. The molecule has 2 aromatic rings. The first kappa shape index (κ1) is 15.6. The Balaban J connectivity index is 1.76. The Morgan fingerprint density at radius 2 is 1.76 bits per heavy atom. The molecule has 0 bridgehead atoms. The highest BCUT2D eigenvalue weighted by Crippen LogP contribution is 2.14. The number of anilines is 1. The molecule has 2 aromatic carbocycles. The summed E-state index contributed by atoms with van der Waals surface area (Å²) in [5.74, 6) is 0.00819. The van der Waals surface area contributed by atoms with Gasteiger partial charge in [0.2, 0.25) is 5.91 Å². The average molecular weight is 347 g/mol. The van der Waals surface area contributed by atoms with E-state index in [2.05, 4.69) is 38.7 Å². The van der Waals surface area contributed by atoms with Gasteiger partial charge in [-0.3, -0.25) is 4.79 Å². The molecule has 0 aliphatic carbocycles. The number of rotatable bonds is 6. The molecule has 0 saturated heterocycles. The summed E-state index contributed by atoms with van der Waals surface area (Å²) in [6, 6.07) is 17.7.